The number of carbonyl (C=O) groups is 1. The van der Waals surface area contributed by atoms with E-state index in [9.17, 15) is 4.79 Å². The third-order valence-corrected chi connectivity index (χ3v) is 6.18. The van der Waals surface area contributed by atoms with Crippen LogP contribution in [0.25, 0.3) is 5.65 Å². The maximum absolute atomic E-state index is 12.8. The lowest BCUT2D eigenvalue weighted by Gasteiger charge is -2.34. The molecule has 32 heavy (non-hydrogen) atoms. The van der Waals surface area contributed by atoms with Crippen LogP contribution in [-0.2, 0) is 22.5 Å². The molecular weight excluding hydrogens is 406 g/mol. The van der Waals surface area contributed by atoms with E-state index in [4.69, 9.17) is 9.84 Å². The van der Waals surface area contributed by atoms with Crippen molar-refractivity contribution in [1.82, 2.24) is 29.6 Å². The van der Waals surface area contributed by atoms with Gasteiger partial charge in [0.05, 0.1) is 13.2 Å². The lowest BCUT2D eigenvalue weighted by Crippen LogP contribution is -2.48. The Balaban J connectivity index is 1.15. The highest BCUT2D eigenvalue weighted by molar-refractivity contribution is 5.76. The van der Waals surface area contributed by atoms with E-state index in [1.807, 2.05) is 23.1 Å². The molecule has 0 saturated carbocycles. The first-order valence-corrected chi connectivity index (χ1v) is 11.3. The number of nitrogens with zero attached hydrogens (tertiary/aromatic N) is 7. The fraction of sp³-hybridized carbons (Fsp3) is 0.478. The summed E-state index contributed by atoms with van der Waals surface area (Å²) in [5.41, 5.74) is 2.02. The van der Waals surface area contributed by atoms with Gasteiger partial charge < -0.3 is 14.5 Å². The number of carbonyl (C=O) groups excluding carboxylic acids is 1. The predicted octanol–water partition coefficient (Wildman–Crippen LogP) is 1.24. The van der Waals surface area contributed by atoms with Gasteiger partial charge in [-0.2, -0.15) is 4.52 Å². The molecule has 1 aromatic carbocycles. The number of ether oxygens (including phenoxy) is 1. The second kappa shape index (κ2) is 9.62. The molecule has 2 aliphatic heterocycles. The van der Waals surface area contributed by atoms with Gasteiger partial charge in [-0.25, -0.2) is 0 Å². The SMILES string of the molecule is O=C(CCc1nnc2ccc(N3CCOCC3)nn12)N1CCN(Cc2ccccc2)CC1. The molecule has 2 saturated heterocycles. The lowest BCUT2D eigenvalue weighted by atomic mass is 10.2. The van der Waals surface area contributed by atoms with Crippen molar-refractivity contribution in [1.29, 1.82) is 0 Å². The number of fused-ring (bicyclic) bond motifs is 1. The van der Waals surface area contributed by atoms with Crippen molar-refractivity contribution in [2.24, 2.45) is 0 Å². The predicted molar refractivity (Wildman–Crippen MR) is 120 cm³/mol. The Morgan fingerprint density at radius 2 is 1.69 bits per heavy atom. The highest BCUT2D eigenvalue weighted by Gasteiger charge is 2.22. The maximum atomic E-state index is 12.8. The van der Waals surface area contributed by atoms with Crippen molar-refractivity contribution in [3.8, 4) is 0 Å². The smallest absolute Gasteiger partial charge is 0.223 e. The molecule has 3 aromatic rings. The van der Waals surface area contributed by atoms with Gasteiger partial charge in [-0.15, -0.1) is 15.3 Å². The average molecular weight is 436 g/mol. The number of anilines is 1. The van der Waals surface area contributed by atoms with Crippen molar-refractivity contribution >= 4 is 17.4 Å². The van der Waals surface area contributed by atoms with Crippen LogP contribution in [0.4, 0.5) is 5.82 Å². The number of hydrogen-bond acceptors (Lipinski definition) is 7. The van der Waals surface area contributed by atoms with Crippen LogP contribution in [0.5, 0.6) is 0 Å². The molecule has 1 amide bonds. The van der Waals surface area contributed by atoms with Gasteiger partial charge in [-0.1, -0.05) is 30.3 Å². The molecule has 5 rings (SSSR count). The van der Waals surface area contributed by atoms with E-state index in [-0.39, 0.29) is 5.91 Å². The standard InChI is InChI=1S/C23H29N7O2/c31-23(29-12-10-27(11-13-29)18-19-4-2-1-3-5-19)9-8-21-25-24-20-6-7-22(26-30(20)21)28-14-16-32-17-15-28/h1-7H,8-18H2. The van der Waals surface area contributed by atoms with Crippen LogP contribution in [0, 0.1) is 0 Å². The lowest BCUT2D eigenvalue weighted by molar-refractivity contribution is -0.133. The van der Waals surface area contributed by atoms with Crippen molar-refractivity contribution in [2.75, 3.05) is 57.4 Å². The zero-order valence-corrected chi connectivity index (χ0v) is 18.3. The van der Waals surface area contributed by atoms with Gasteiger partial charge in [0, 0.05) is 58.7 Å². The van der Waals surface area contributed by atoms with Crippen LogP contribution >= 0.6 is 0 Å². The molecule has 9 heteroatoms. The third-order valence-electron chi connectivity index (χ3n) is 6.18. The van der Waals surface area contributed by atoms with Gasteiger partial charge in [0.25, 0.3) is 0 Å². The number of aromatic nitrogens is 4. The summed E-state index contributed by atoms with van der Waals surface area (Å²) in [5.74, 6) is 1.79. The largest absolute Gasteiger partial charge is 0.378 e. The summed E-state index contributed by atoms with van der Waals surface area (Å²) in [5, 5.41) is 13.2. The summed E-state index contributed by atoms with van der Waals surface area (Å²) < 4.78 is 7.20. The molecule has 168 valence electrons. The highest BCUT2D eigenvalue weighted by Crippen LogP contribution is 2.15. The molecule has 0 bridgehead atoms. The van der Waals surface area contributed by atoms with Crippen LogP contribution in [0.3, 0.4) is 0 Å². The van der Waals surface area contributed by atoms with Crippen LogP contribution in [0.1, 0.15) is 17.8 Å². The second-order valence-corrected chi connectivity index (χ2v) is 8.32. The molecule has 0 unspecified atom stereocenters. The number of morpholine rings is 1. The van der Waals surface area contributed by atoms with Crippen LogP contribution in [-0.4, -0.2) is 88.0 Å². The summed E-state index contributed by atoms with van der Waals surface area (Å²) >= 11 is 0. The quantitative estimate of drug-likeness (QED) is 0.576. The van der Waals surface area contributed by atoms with E-state index in [1.165, 1.54) is 5.56 Å². The monoisotopic (exact) mass is 435 g/mol. The van der Waals surface area contributed by atoms with Crippen molar-refractivity contribution in [3.05, 3.63) is 53.9 Å². The normalized spacial score (nSPS) is 17.8. The Bertz CT molecular complexity index is 1040. The van der Waals surface area contributed by atoms with Gasteiger partial charge in [-0.3, -0.25) is 9.69 Å². The minimum absolute atomic E-state index is 0.172. The minimum atomic E-state index is 0.172. The molecule has 2 fully saturated rings. The molecule has 2 aromatic heterocycles. The molecular formula is C23H29N7O2. The second-order valence-electron chi connectivity index (χ2n) is 8.32. The summed E-state index contributed by atoms with van der Waals surface area (Å²) in [7, 11) is 0. The van der Waals surface area contributed by atoms with Gasteiger partial charge in [0.2, 0.25) is 5.91 Å². The van der Waals surface area contributed by atoms with E-state index in [0.29, 0.717) is 31.7 Å². The van der Waals surface area contributed by atoms with E-state index in [1.54, 1.807) is 4.52 Å². The van der Waals surface area contributed by atoms with Crippen molar-refractivity contribution in [2.45, 2.75) is 19.4 Å². The first-order valence-electron chi connectivity index (χ1n) is 11.3. The fourth-order valence-corrected chi connectivity index (χ4v) is 4.31. The van der Waals surface area contributed by atoms with E-state index < -0.39 is 0 Å². The molecule has 4 heterocycles. The average Bonchev–Trinajstić information content (AvgIpc) is 3.26. The number of piperazine rings is 1. The summed E-state index contributed by atoms with van der Waals surface area (Å²) in [6, 6.07) is 14.4. The van der Waals surface area contributed by atoms with Crippen molar-refractivity contribution < 1.29 is 9.53 Å². The van der Waals surface area contributed by atoms with Crippen molar-refractivity contribution in [3.63, 3.8) is 0 Å². The number of benzene rings is 1. The Hall–Kier alpha value is -3.04. The number of aryl methyl sites for hydroxylation is 1. The molecule has 0 atom stereocenters. The third kappa shape index (κ3) is 4.73. The fourth-order valence-electron chi connectivity index (χ4n) is 4.31. The van der Waals surface area contributed by atoms with Gasteiger partial charge >= 0.3 is 0 Å². The Morgan fingerprint density at radius 3 is 2.47 bits per heavy atom. The van der Waals surface area contributed by atoms with Crippen LogP contribution < -0.4 is 4.90 Å². The molecule has 0 aliphatic carbocycles. The topological polar surface area (TPSA) is 79.1 Å². The number of amides is 1. The Kier molecular flexibility index (Phi) is 6.27. The molecule has 0 N–H and O–H groups in total. The summed E-state index contributed by atoms with van der Waals surface area (Å²) in [6.45, 7) is 7.35. The maximum Gasteiger partial charge on any atom is 0.223 e. The first-order chi connectivity index (χ1) is 15.8. The first kappa shape index (κ1) is 20.8. The molecule has 2 aliphatic rings. The number of hydrogen-bond donors (Lipinski definition) is 0. The van der Waals surface area contributed by atoms with E-state index in [0.717, 1.165) is 57.5 Å². The van der Waals surface area contributed by atoms with Crippen LogP contribution in [0.2, 0.25) is 0 Å². The Morgan fingerprint density at radius 1 is 0.906 bits per heavy atom. The number of rotatable bonds is 6. The van der Waals surface area contributed by atoms with Gasteiger partial charge in [0.15, 0.2) is 11.5 Å². The Labute approximate surface area is 187 Å². The zero-order chi connectivity index (χ0) is 21.8. The summed E-state index contributed by atoms with van der Waals surface area (Å²) in [6.07, 6.45) is 0.951. The van der Waals surface area contributed by atoms with E-state index >= 15 is 0 Å². The molecule has 0 spiro atoms. The van der Waals surface area contributed by atoms with Gasteiger partial charge in [-0.05, 0) is 17.7 Å². The highest BCUT2D eigenvalue weighted by atomic mass is 16.5. The van der Waals surface area contributed by atoms with Gasteiger partial charge in [0.1, 0.15) is 5.82 Å². The minimum Gasteiger partial charge on any atom is -0.378 e. The molecule has 9 nitrogen and oxygen atoms in total. The zero-order valence-electron chi connectivity index (χ0n) is 18.3. The van der Waals surface area contributed by atoms with Crippen LogP contribution in [0.15, 0.2) is 42.5 Å². The molecule has 0 radical (unpaired) electrons. The summed E-state index contributed by atoms with van der Waals surface area (Å²) in [4.78, 5) is 19.4. The van der Waals surface area contributed by atoms with E-state index in [2.05, 4.69) is 44.3 Å².